The normalized spacial score (nSPS) is 11.3. The van der Waals surface area contributed by atoms with Gasteiger partial charge >= 0.3 is 0 Å². The third-order valence-electron chi connectivity index (χ3n) is 5.23. The van der Waals surface area contributed by atoms with E-state index in [0.717, 1.165) is 16.9 Å². The molecule has 0 saturated carbocycles. The maximum Gasteiger partial charge on any atom is 0.123 e. The number of fused-ring (bicyclic) bond motifs is 1. The highest BCUT2D eigenvalue weighted by molar-refractivity contribution is 5.91. The molecule has 0 fully saturated rings. The average Bonchev–Trinajstić information content (AvgIpc) is 3.04. The van der Waals surface area contributed by atoms with Crippen molar-refractivity contribution < 1.29 is 4.74 Å². The summed E-state index contributed by atoms with van der Waals surface area (Å²) >= 11 is 0. The molecular weight excluding hydrogens is 358 g/mol. The highest BCUT2D eigenvalue weighted by Crippen LogP contribution is 2.26. The standard InChI is InChI=1S/C25H25N3O/c1-18-15-22(17-27-26-16-21-10-5-7-14-25(21)29-3)19(2)28(18)24-13-8-11-20-9-4-6-12-23(20)24/h4-15,17,26H,16H2,1-3H3/b27-17+. The molecule has 0 aliphatic rings. The molecule has 0 bridgehead atoms. The Bertz CT molecular complexity index is 1170. The number of ether oxygens (including phenoxy) is 1. The zero-order chi connectivity index (χ0) is 20.2. The highest BCUT2D eigenvalue weighted by Gasteiger charge is 2.11. The van der Waals surface area contributed by atoms with Crippen molar-refractivity contribution in [1.29, 1.82) is 0 Å². The second-order valence-corrected chi connectivity index (χ2v) is 7.07. The van der Waals surface area contributed by atoms with Crippen molar-refractivity contribution in [3.05, 3.63) is 95.3 Å². The predicted molar refractivity (Wildman–Crippen MR) is 120 cm³/mol. The van der Waals surface area contributed by atoms with E-state index < -0.39 is 0 Å². The summed E-state index contributed by atoms with van der Waals surface area (Å²) in [6.07, 6.45) is 1.89. The van der Waals surface area contributed by atoms with E-state index in [4.69, 9.17) is 4.74 Å². The van der Waals surface area contributed by atoms with E-state index in [1.54, 1.807) is 7.11 Å². The van der Waals surface area contributed by atoms with Gasteiger partial charge in [-0.15, -0.1) is 0 Å². The minimum atomic E-state index is 0.614. The Kier molecular flexibility index (Phi) is 5.34. The van der Waals surface area contributed by atoms with E-state index in [-0.39, 0.29) is 0 Å². The Hall–Kier alpha value is -3.53. The fourth-order valence-corrected chi connectivity index (χ4v) is 3.79. The van der Waals surface area contributed by atoms with Crippen molar-refractivity contribution >= 4 is 17.0 Å². The monoisotopic (exact) mass is 383 g/mol. The largest absolute Gasteiger partial charge is 0.496 e. The Morgan fingerprint density at radius 2 is 1.72 bits per heavy atom. The van der Waals surface area contributed by atoms with Gasteiger partial charge in [-0.3, -0.25) is 0 Å². The number of hydrazone groups is 1. The van der Waals surface area contributed by atoms with E-state index in [2.05, 4.69) is 77.5 Å². The van der Waals surface area contributed by atoms with Gasteiger partial charge in [0.2, 0.25) is 0 Å². The molecule has 0 unspecified atom stereocenters. The van der Waals surface area contributed by atoms with Crippen LogP contribution in [0.15, 0.2) is 77.9 Å². The van der Waals surface area contributed by atoms with Crippen molar-refractivity contribution in [1.82, 2.24) is 9.99 Å². The molecule has 3 aromatic carbocycles. The van der Waals surface area contributed by atoms with Crippen molar-refractivity contribution in [2.24, 2.45) is 5.10 Å². The van der Waals surface area contributed by atoms with Gasteiger partial charge in [0.25, 0.3) is 0 Å². The minimum Gasteiger partial charge on any atom is -0.496 e. The van der Waals surface area contributed by atoms with Crippen LogP contribution >= 0.6 is 0 Å². The van der Waals surface area contributed by atoms with Crippen LogP contribution in [0.5, 0.6) is 5.75 Å². The molecule has 146 valence electrons. The van der Waals surface area contributed by atoms with E-state index in [1.165, 1.54) is 27.8 Å². The number of methoxy groups -OCH3 is 1. The lowest BCUT2D eigenvalue weighted by Crippen LogP contribution is -2.07. The molecule has 0 saturated heterocycles. The van der Waals surface area contributed by atoms with Crippen LogP contribution in [-0.4, -0.2) is 17.9 Å². The number of nitrogens with zero attached hydrogens (tertiary/aromatic N) is 2. The lowest BCUT2D eigenvalue weighted by Gasteiger charge is -2.13. The van der Waals surface area contributed by atoms with Gasteiger partial charge in [0.15, 0.2) is 0 Å². The molecule has 1 heterocycles. The molecule has 1 aromatic heterocycles. The van der Waals surface area contributed by atoms with Gasteiger partial charge in [0, 0.05) is 27.9 Å². The summed E-state index contributed by atoms with van der Waals surface area (Å²) < 4.78 is 7.68. The van der Waals surface area contributed by atoms with Crippen LogP contribution in [0.2, 0.25) is 0 Å². The van der Waals surface area contributed by atoms with Gasteiger partial charge in [0.1, 0.15) is 5.75 Å². The van der Waals surface area contributed by atoms with Crippen LogP contribution in [-0.2, 0) is 6.54 Å². The number of hydrogen-bond acceptors (Lipinski definition) is 3. The van der Waals surface area contributed by atoms with Gasteiger partial charge in [0.05, 0.1) is 25.6 Å². The molecule has 4 rings (SSSR count). The Morgan fingerprint density at radius 1 is 0.966 bits per heavy atom. The van der Waals surface area contributed by atoms with Gasteiger partial charge in [-0.05, 0) is 37.4 Å². The number of nitrogens with one attached hydrogen (secondary N) is 1. The summed E-state index contributed by atoms with van der Waals surface area (Å²) in [7, 11) is 1.68. The van der Waals surface area contributed by atoms with Crippen molar-refractivity contribution in [3.63, 3.8) is 0 Å². The van der Waals surface area contributed by atoms with Gasteiger partial charge in [-0.2, -0.15) is 5.10 Å². The second-order valence-electron chi connectivity index (χ2n) is 7.07. The Balaban J connectivity index is 1.58. The van der Waals surface area contributed by atoms with Crippen molar-refractivity contribution in [3.8, 4) is 11.4 Å². The first-order chi connectivity index (χ1) is 14.2. The van der Waals surface area contributed by atoms with Gasteiger partial charge in [-0.1, -0.05) is 54.6 Å². The smallest absolute Gasteiger partial charge is 0.123 e. The summed E-state index contributed by atoms with van der Waals surface area (Å²) in [5.41, 5.74) is 8.86. The number of benzene rings is 3. The summed E-state index contributed by atoms with van der Waals surface area (Å²) in [6, 6.07) is 25.0. The van der Waals surface area contributed by atoms with E-state index >= 15 is 0 Å². The number of aromatic nitrogens is 1. The SMILES string of the molecule is COc1ccccc1CN/N=C/c1cc(C)n(-c2cccc3ccccc23)c1C. The van der Waals surface area contributed by atoms with Crippen LogP contribution < -0.4 is 10.2 Å². The zero-order valence-electron chi connectivity index (χ0n) is 17.0. The third kappa shape index (κ3) is 3.74. The lowest BCUT2D eigenvalue weighted by molar-refractivity contribution is 0.408. The van der Waals surface area contributed by atoms with Crippen LogP contribution in [0.4, 0.5) is 0 Å². The van der Waals surface area contributed by atoms with E-state index in [1.807, 2.05) is 30.5 Å². The van der Waals surface area contributed by atoms with Crippen molar-refractivity contribution in [2.75, 3.05) is 7.11 Å². The van der Waals surface area contributed by atoms with Crippen LogP contribution in [0.1, 0.15) is 22.5 Å². The zero-order valence-corrected chi connectivity index (χ0v) is 17.0. The maximum atomic E-state index is 5.39. The fraction of sp³-hybridized carbons (Fsp3) is 0.160. The summed E-state index contributed by atoms with van der Waals surface area (Å²) in [5.74, 6) is 0.865. The second kappa shape index (κ2) is 8.23. The molecule has 0 amide bonds. The maximum absolute atomic E-state index is 5.39. The summed E-state index contributed by atoms with van der Waals surface area (Å²) in [5, 5.41) is 6.93. The van der Waals surface area contributed by atoms with E-state index in [9.17, 15) is 0 Å². The minimum absolute atomic E-state index is 0.614. The Labute approximate surface area is 171 Å². The third-order valence-corrected chi connectivity index (χ3v) is 5.23. The number of aryl methyl sites for hydroxylation is 1. The molecule has 0 aliphatic carbocycles. The molecule has 29 heavy (non-hydrogen) atoms. The van der Waals surface area contributed by atoms with Gasteiger partial charge < -0.3 is 14.7 Å². The molecule has 0 radical (unpaired) electrons. The first kappa shape index (κ1) is 18.8. The molecule has 4 nitrogen and oxygen atoms in total. The number of rotatable bonds is 6. The van der Waals surface area contributed by atoms with Crippen LogP contribution in [0.3, 0.4) is 0 Å². The first-order valence-electron chi connectivity index (χ1n) is 9.74. The molecular formula is C25H25N3O. The average molecular weight is 383 g/mol. The van der Waals surface area contributed by atoms with Crippen LogP contribution in [0, 0.1) is 13.8 Å². The summed E-state index contributed by atoms with van der Waals surface area (Å²) in [6.45, 7) is 4.88. The predicted octanol–water partition coefficient (Wildman–Crippen LogP) is 5.38. The molecule has 0 atom stereocenters. The molecule has 0 spiro atoms. The molecule has 4 aromatic rings. The highest BCUT2D eigenvalue weighted by atomic mass is 16.5. The fourth-order valence-electron chi connectivity index (χ4n) is 3.79. The molecule has 1 N–H and O–H groups in total. The Morgan fingerprint density at radius 3 is 2.59 bits per heavy atom. The van der Waals surface area contributed by atoms with E-state index in [0.29, 0.717) is 6.54 Å². The quantitative estimate of drug-likeness (QED) is 0.359. The molecule has 0 aliphatic heterocycles. The topological polar surface area (TPSA) is 38.5 Å². The summed E-state index contributed by atoms with van der Waals surface area (Å²) in [4.78, 5) is 0. The first-order valence-corrected chi connectivity index (χ1v) is 9.74. The van der Waals surface area contributed by atoms with Crippen molar-refractivity contribution in [2.45, 2.75) is 20.4 Å². The van der Waals surface area contributed by atoms with Gasteiger partial charge in [-0.25, -0.2) is 0 Å². The van der Waals surface area contributed by atoms with Crippen LogP contribution in [0.25, 0.3) is 16.5 Å². The lowest BCUT2D eigenvalue weighted by atomic mass is 10.1. The number of hydrogen-bond donors (Lipinski definition) is 1. The number of para-hydroxylation sites is 1. The molecule has 4 heteroatoms.